The molecule has 0 radical (unpaired) electrons. The quantitative estimate of drug-likeness (QED) is 0.756. The Morgan fingerprint density at radius 1 is 1.36 bits per heavy atom. The number of nitrogens with one attached hydrogen (secondary N) is 1. The fraction of sp³-hybridized carbons (Fsp3) is 0.409. The second-order valence-electron chi connectivity index (χ2n) is 8.55. The van der Waals surface area contributed by atoms with E-state index in [1.54, 1.807) is 6.07 Å². The van der Waals surface area contributed by atoms with E-state index in [-0.39, 0.29) is 29.5 Å². The van der Waals surface area contributed by atoms with Gasteiger partial charge < -0.3 is 9.73 Å². The van der Waals surface area contributed by atoms with Crippen molar-refractivity contribution in [3.05, 3.63) is 63.6 Å². The van der Waals surface area contributed by atoms with Crippen LogP contribution in [0.3, 0.4) is 0 Å². The van der Waals surface area contributed by atoms with Gasteiger partial charge in [-0.05, 0) is 43.4 Å². The van der Waals surface area contributed by atoms with Crippen molar-refractivity contribution in [1.29, 1.82) is 0 Å². The molecule has 0 fully saturated rings. The molecule has 2 heterocycles. The van der Waals surface area contributed by atoms with Gasteiger partial charge in [-0.1, -0.05) is 26.0 Å². The molecule has 1 aromatic carbocycles. The molecule has 2 aromatic heterocycles. The van der Waals surface area contributed by atoms with Crippen LogP contribution in [0, 0.1) is 19.3 Å². The summed E-state index contributed by atoms with van der Waals surface area (Å²) in [5.41, 5.74) is 2.50. The third-order valence-corrected chi connectivity index (χ3v) is 5.44. The van der Waals surface area contributed by atoms with Crippen LogP contribution in [0.5, 0.6) is 0 Å². The molecule has 3 aromatic rings. The molecule has 1 amide bonds. The fourth-order valence-corrected chi connectivity index (χ4v) is 4.16. The Bertz CT molecular complexity index is 1120. The number of fused-ring (bicyclic) bond motifs is 2. The molecule has 6 nitrogen and oxygen atoms in total. The van der Waals surface area contributed by atoms with Crippen molar-refractivity contribution >= 4 is 16.8 Å². The van der Waals surface area contributed by atoms with Crippen LogP contribution in [0.1, 0.15) is 49.0 Å². The van der Waals surface area contributed by atoms with Crippen molar-refractivity contribution in [3.8, 4) is 0 Å². The number of aryl methyl sites for hydroxylation is 2. The summed E-state index contributed by atoms with van der Waals surface area (Å²) in [6.45, 7) is 8.13. The number of carbonyl (C=O) groups excluding carboxylic acids is 1. The molecule has 28 heavy (non-hydrogen) atoms. The molecule has 1 aliphatic rings. The highest BCUT2D eigenvalue weighted by Crippen LogP contribution is 2.41. The molecule has 0 saturated heterocycles. The van der Waals surface area contributed by atoms with Gasteiger partial charge in [-0.15, -0.1) is 0 Å². The minimum absolute atomic E-state index is 0.0358. The van der Waals surface area contributed by atoms with Gasteiger partial charge in [-0.3, -0.25) is 14.2 Å². The first-order valence-electron chi connectivity index (χ1n) is 9.57. The first-order valence-corrected chi connectivity index (χ1v) is 9.57. The summed E-state index contributed by atoms with van der Waals surface area (Å²) in [6.07, 6.45) is 3.14. The van der Waals surface area contributed by atoms with Crippen molar-refractivity contribution in [2.75, 3.05) is 0 Å². The van der Waals surface area contributed by atoms with Gasteiger partial charge in [0.05, 0.1) is 23.3 Å². The van der Waals surface area contributed by atoms with Gasteiger partial charge in [0, 0.05) is 12.0 Å². The van der Waals surface area contributed by atoms with E-state index >= 15 is 0 Å². The maximum atomic E-state index is 12.7. The highest BCUT2D eigenvalue weighted by Gasteiger charge is 2.35. The van der Waals surface area contributed by atoms with Gasteiger partial charge in [0.15, 0.2) is 0 Å². The Morgan fingerprint density at radius 3 is 2.93 bits per heavy atom. The summed E-state index contributed by atoms with van der Waals surface area (Å²) in [7, 11) is 0. The van der Waals surface area contributed by atoms with Gasteiger partial charge in [0.2, 0.25) is 5.91 Å². The highest BCUT2D eigenvalue weighted by molar-refractivity contribution is 5.81. The molecule has 1 atom stereocenters. The van der Waals surface area contributed by atoms with Crippen molar-refractivity contribution in [1.82, 2.24) is 14.9 Å². The topological polar surface area (TPSA) is 77.1 Å². The second kappa shape index (κ2) is 6.62. The minimum Gasteiger partial charge on any atom is -0.466 e. The molecule has 1 unspecified atom stereocenters. The molecule has 1 N–H and O–H groups in total. The summed E-state index contributed by atoms with van der Waals surface area (Å²) in [5.74, 6) is 1.59. The summed E-state index contributed by atoms with van der Waals surface area (Å²) in [5, 5.41) is 3.62. The summed E-state index contributed by atoms with van der Waals surface area (Å²) in [4.78, 5) is 29.8. The van der Waals surface area contributed by atoms with E-state index in [4.69, 9.17) is 4.42 Å². The maximum Gasteiger partial charge on any atom is 0.261 e. The third-order valence-electron chi connectivity index (χ3n) is 5.44. The Kier molecular flexibility index (Phi) is 4.37. The van der Waals surface area contributed by atoms with E-state index in [2.05, 4.69) is 24.1 Å². The first kappa shape index (κ1) is 18.5. The van der Waals surface area contributed by atoms with Crippen LogP contribution >= 0.6 is 0 Å². The van der Waals surface area contributed by atoms with Crippen molar-refractivity contribution < 1.29 is 9.21 Å². The van der Waals surface area contributed by atoms with Crippen molar-refractivity contribution in [3.63, 3.8) is 0 Å². The summed E-state index contributed by atoms with van der Waals surface area (Å²) >= 11 is 0. The minimum atomic E-state index is -0.205. The number of furan rings is 1. The summed E-state index contributed by atoms with van der Waals surface area (Å²) < 4.78 is 7.20. The smallest absolute Gasteiger partial charge is 0.261 e. The Morgan fingerprint density at radius 2 is 2.14 bits per heavy atom. The maximum absolute atomic E-state index is 12.7. The third kappa shape index (κ3) is 3.35. The number of benzene rings is 1. The summed E-state index contributed by atoms with van der Waals surface area (Å²) in [6, 6.07) is 7.38. The van der Waals surface area contributed by atoms with Crippen LogP contribution in [0.15, 0.2) is 39.8 Å². The number of hydrogen-bond acceptors (Lipinski definition) is 4. The second-order valence-corrected chi connectivity index (χ2v) is 8.55. The molecule has 6 heteroatoms. The lowest BCUT2D eigenvalue weighted by atomic mass is 9.74. The number of hydrogen-bond donors (Lipinski definition) is 1. The van der Waals surface area contributed by atoms with Gasteiger partial charge in [0.25, 0.3) is 5.56 Å². The van der Waals surface area contributed by atoms with Crippen LogP contribution < -0.4 is 10.9 Å². The van der Waals surface area contributed by atoms with Gasteiger partial charge in [0.1, 0.15) is 18.1 Å². The lowest BCUT2D eigenvalue weighted by Crippen LogP contribution is -2.39. The largest absolute Gasteiger partial charge is 0.466 e. The highest BCUT2D eigenvalue weighted by atomic mass is 16.3. The zero-order valence-corrected chi connectivity index (χ0v) is 16.7. The molecule has 4 rings (SSSR count). The number of amides is 1. The molecule has 0 saturated carbocycles. The van der Waals surface area contributed by atoms with Crippen LogP contribution in [0.25, 0.3) is 10.9 Å². The molecule has 0 aliphatic heterocycles. The average Bonchev–Trinajstić information content (AvgIpc) is 2.97. The normalized spacial score (nSPS) is 18.1. The van der Waals surface area contributed by atoms with E-state index in [1.165, 1.54) is 10.9 Å². The van der Waals surface area contributed by atoms with Gasteiger partial charge >= 0.3 is 0 Å². The Balaban J connectivity index is 1.58. The van der Waals surface area contributed by atoms with Gasteiger partial charge in [-0.25, -0.2) is 4.98 Å². The van der Waals surface area contributed by atoms with Crippen LogP contribution in [-0.4, -0.2) is 15.5 Å². The molecule has 0 bridgehead atoms. The van der Waals surface area contributed by atoms with Gasteiger partial charge in [-0.2, -0.15) is 0 Å². The lowest BCUT2D eigenvalue weighted by Gasteiger charge is -2.34. The van der Waals surface area contributed by atoms with Crippen LogP contribution in [-0.2, 0) is 17.8 Å². The number of para-hydroxylation sites is 1. The van der Waals surface area contributed by atoms with E-state index in [0.717, 1.165) is 35.5 Å². The number of rotatable bonds is 3. The Hall–Kier alpha value is -2.89. The Labute approximate surface area is 163 Å². The SMILES string of the molecule is Cc1cc2c(o1)CC(C)(C)CC2NC(=O)Cn1cnc2c(C)cccc2c1=O. The van der Waals surface area contributed by atoms with Crippen molar-refractivity contribution in [2.24, 2.45) is 5.41 Å². The van der Waals surface area contributed by atoms with E-state index in [9.17, 15) is 9.59 Å². The molecular formula is C22H25N3O3. The van der Waals surface area contributed by atoms with E-state index < -0.39 is 0 Å². The molecular weight excluding hydrogens is 354 g/mol. The zero-order chi connectivity index (χ0) is 20.1. The van der Waals surface area contributed by atoms with Crippen molar-refractivity contribution in [2.45, 2.75) is 53.1 Å². The predicted octanol–water partition coefficient (Wildman–Crippen LogP) is 3.44. The predicted molar refractivity (Wildman–Crippen MR) is 107 cm³/mol. The number of carbonyl (C=O) groups is 1. The molecule has 146 valence electrons. The number of aromatic nitrogens is 2. The van der Waals surface area contributed by atoms with E-state index in [0.29, 0.717) is 10.9 Å². The monoisotopic (exact) mass is 379 g/mol. The number of nitrogens with zero attached hydrogens (tertiary/aromatic N) is 2. The average molecular weight is 379 g/mol. The standard InChI is InChI=1S/C22H25N3O3/c1-13-6-5-7-15-20(13)23-12-25(21(15)27)11-19(26)24-17-9-22(3,4)10-18-16(17)8-14(2)28-18/h5-8,12,17H,9-11H2,1-4H3,(H,24,26). The van der Waals surface area contributed by atoms with Crippen LogP contribution in [0.4, 0.5) is 0 Å². The molecule has 1 aliphatic carbocycles. The zero-order valence-electron chi connectivity index (χ0n) is 16.7. The molecule has 0 spiro atoms. The van der Waals surface area contributed by atoms with Crippen LogP contribution in [0.2, 0.25) is 0 Å². The fourth-order valence-electron chi connectivity index (χ4n) is 4.16. The first-order chi connectivity index (χ1) is 13.2. The van der Waals surface area contributed by atoms with E-state index in [1.807, 2.05) is 32.0 Å². The lowest BCUT2D eigenvalue weighted by molar-refractivity contribution is -0.122.